The van der Waals surface area contributed by atoms with E-state index in [4.69, 9.17) is 4.52 Å². The predicted octanol–water partition coefficient (Wildman–Crippen LogP) is 4.86. The molecule has 1 aliphatic heterocycles. The van der Waals surface area contributed by atoms with Crippen molar-refractivity contribution >= 4 is 11.6 Å². The van der Waals surface area contributed by atoms with Gasteiger partial charge in [-0.15, -0.1) is 0 Å². The molecule has 1 aliphatic rings. The lowest BCUT2D eigenvalue weighted by Crippen LogP contribution is -2.24. The van der Waals surface area contributed by atoms with Crippen LogP contribution in [0, 0.1) is 6.92 Å². The van der Waals surface area contributed by atoms with Crippen LogP contribution in [0.4, 0.5) is 5.69 Å². The van der Waals surface area contributed by atoms with Gasteiger partial charge in [-0.1, -0.05) is 62.3 Å². The molecule has 2 aromatic carbocycles. The Kier molecular flexibility index (Phi) is 4.53. The normalized spacial score (nSPS) is 17.4. The van der Waals surface area contributed by atoms with Gasteiger partial charge in [0.05, 0.1) is 5.92 Å². The molecule has 0 bridgehead atoms. The second kappa shape index (κ2) is 6.89. The van der Waals surface area contributed by atoms with Crippen LogP contribution < -0.4 is 4.90 Å². The van der Waals surface area contributed by atoms with Crippen molar-refractivity contribution in [2.24, 2.45) is 0 Å². The van der Waals surface area contributed by atoms with Gasteiger partial charge in [-0.05, 0) is 35.6 Å². The van der Waals surface area contributed by atoms with Gasteiger partial charge in [0.1, 0.15) is 0 Å². The van der Waals surface area contributed by atoms with Crippen LogP contribution in [0.5, 0.6) is 0 Å². The zero-order chi connectivity index (χ0) is 19.9. The molecule has 0 saturated carbocycles. The molecule has 0 radical (unpaired) electrons. The van der Waals surface area contributed by atoms with Crippen molar-refractivity contribution in [1.29, 1.82) is 0 Å². The Hall–Kier alpha value is -2.95. The molecule has 5 heteroatoms. The number of nitrogens with zero attached hydrogens (tertiary/aromatic N) is 3. The van der Waals surface area contributed by atoms with E-state index in [9.17, 15) is 4.79 Å². The first-order chi connectivity index (χ1) is 13.3. The number of hydrogen-bond donors (Lipinski definition) is 0. The monoisotopic (exact) mass is 375 g/mol. The summed E-state index contributed by atoms with van der Waals surface area (Å²) in [6.07, 6.45) is 0.387. The molecule has 4 rings (SSSR count). The summed E-state index contributed by atoms with van der Waals surface area (Å²) in [5.74, 6) is 1.10. The van der Waals surface area contributed by atoms with E-state index in [0.717, 1.165) is 16.8 Å². The standard InChI is InChI=1S/C23H25N3O2/c1-15-6-5-7-19(12-15)26-14-17(13-20(26)27)22-24-21(25-28-22)16-8-10-18(11-9-16)23(2,3)4/h5-12,17H,13-14H2,1-4H3. The maximum atomic E-state index is 12.5. The fraction of sp³-hybridized carbons (Fsp3) is 0.348. The third kappa shape index (κ3) is 3.57. The van der Waals surface area contributed by atoms with E-state index in [2.05, 4.69) is 43.0 Å². The second-order valence-corrected chi connectivity index (χ2v) is 8.53. The van der Waals surface area contributed by atoms with Gasteiger partial charge in [-0.2, -0.15) is 4.98 Å². The Balaban J connectivity index is 1.53. The average molecular weight is 375 g/mol. The fourth-order valence-electron chi connectivity index (χ4n) is 3.56. The molecule has 2 heterocycles. The Morgan fingerprint density at radius 2 is 1.86 bits per heavy atom. The van der Waals surface area contributed by atoms with Gasteiger partial charge in [0.25, 0.3) is 0 Å². The number of benzene rings is 2. The lowest BCUT2D eigenvalue weighted by molar-refractivity contribution is -0.117. The minimum absolute atomic E-state index is 0.0805. The number of hydrogen-bond acceptors (Lipinski definition) is 4. The van der Waals surface area contributed by atoms with E-state index in [1.54, 1.807) is 4.90 Å². The molecule has 1 fully saturated rings. The zero-order valence-corrected chi connectivity index (χ0v) is 16.8. The predicted molar refractivity (Wildman–Crippen MR) is 109 cm³/mol. The molecule has 3 aromatic rings. The van der Waals surface area contributed by atoms with E-state index in [-0.39, 0.29) is 17.2 Å². The molecule has 1 unspecified atom stereocenters. The van der Waals surface area contributed by atoms with Crippen molar-refractivity contribution in [1.82, 2.24) is 10.1 Å². The Bertz CT molecular complexity index is 999. The number of aryl methyl sites for hydroxylation is 1. The molecule has 1 amide bonds. The van der Waals surface area contributed by atoms with Crippen LogP contribution in [0.25, 0.3) is 11.4 Å². The van der Waals surface area contributed by atoms with Crippen molar-refractivity contribution in [3.05, 3.63) is 65.5 Å². The number of carbonyl (C=O) groups is 1. The number of amides is 1. The van der Waals surface area contributed by atoms with Crippen molar-refractivity contribution in [2.75, 3.05) is 11.4 Å². The maximum absolute atomic E-state index is 12.5. The first kappa shape index (κ1) is 18.4. The lowest BCUT2D eigenvalue weighted by Gasteiger charge is -2.18. The summed E-state index contributed by atoms with van der Waals surface area (Å²) in [6, 6.07) is 16.2. The first-order valence-corrected chi connectivity index (χ1v) is 9.63. The van der Waals surface area contributed by atoms with Crippen molar-refractivity contribution in [2.45, 2.75) is 45.4 Å². The quantitative estimate of drug-likeness (QED) is 0.656. The van der Waals surface area contributed by atoms with E-state index in [1.165, 1.54) is 5.56 Å². The third-order valence-electron chi connectivity index (χ3n) is 5.24. The molecule has 0 N–H and O–H groups in total. The molecule has 28 heavy (non-hydrogen) atoms. The average Bonchev–Trinajstić information content (AvgIpc) is 3.28. The highest BCUT2D eigenvalue weighted by atomic mass is 16.5. The van der Waals surface area contributed by atoms with Crippen LogP contribution in [0.3, 0.4) is 0 Å². The summed E-state index contributed by atoms with van der Waals surface area (Å²) >= 11 is 0. The highest BCUT2D eigenvalue weighted by molar-refractivity contribution is 5.96. The second-order valence-electron chi connectivity index (χ2n) is 8.53. The van der Waals surface area contributed by atoms with Gasteiger partial charge in [0, 0.05) is 24.2 Å². The molecule has 0 spiro atoms. The third-order valence-corrected chi connectivity index (χ3v) is 5.24. The number of carbonyl (C=O) groups excluding carboxylic acids is 1. The lowest BCUT2D eigenvalue weighted by atomic mass is 9.87. The Morgan fingerprint density at radius 1 is 1.11 bits per heavy atom. The van der Waals surface area contributed by atoms with Gasteiger partial charge >= 0.3 is 0 Å². The Labute approximate surface area is 165 Å². The Morgan fingerprint density at radius 3 is 2.54 bits per heavy atom. The number of anilines is 1. The van der Waals surface area contributed by atoms with E-state index < -0.39 is 0 Å². The largest absolute Gasteiger partial charge is 0.339 e. The molecular formula is C23H25N3O2. The molecule has 5 nitrogen and oxygen atoms in total. The molecular weight excluding hydrogens is 350 g/mol. The van der Waals surface area contributed by atoms with Crippen molar-refractivity contribution < 1.29 is 9.32 Å². The zero-order valence-electron chi connectivity index (χ0n) is 16.8. The van der Waals surface area contributed by atoms with Crippen LogP contribution >= 0.6 is 0 Å². The summed E-state index contributed by atoms with van der Waals surface area (Å²) in [4.78, 5) is 18.9. The minimum atomic E-state index is -0.0805. The van der Waals surface area contributed by atoms with Crippen LogP contribution in [0.1, 0.15) is 50.1 Å². The van der Waals surface area contributed by atoms with Gasteiger partial charge in [-0.3, -0.25) is 4.79 Å². The molecule has 1 atom stereocenters. The van der Waals surface area contributed by atoms with Crippen LogP contribution in [0.15, 0.2) is 53.1 Å². The highest BCUT2D eigenvalue weighted by Crippen LogP contribution is 2.32. The summed E-state index contributed by atoms with van der Waals surface area (Å²) in [6.45, 7) is 9.15. The van der Waals surface area contributed by atoms with Gasteiger partial charge < -0.3 is 9.42 Å². The van der Waals surface area contributed by atoms with Gasteiger partial charge in [-0.25, -0.2) is 0 Å². The van der Waals surface area contributed by atoms with Crippen LogP contribution in [0.2, 0.25) is 0 Å². The molecule has 0 aliphatic carbocycles. The fourth-order valence-corrected chi connectivity index (χ4v) is 3.56. The van der Waals surface area contributed by atoms with Crippen molar-refractivity contribution in [3.63, 3.8) is 0 Å². The summed E-state index contributed by atoms with van der Waals surface area (Å²) in [5, 5.41) is 4.14. The first-order valence-electron chi connectivity index (χ1n) is 9.63. The van der Waals surface area contributed by atoms with Gasteiger partial charge in [0.2, 0.25) is 17.6 Å². The van der Waals surface area contributed by atoms with E-state index in [0.29, 0.717) is 24.7 Å². The van der Waals surface area contributed by atoms with Gasteiger partial charge in [0.15, 0.2) is 0 Å². The highest BCUT2D eigenvalue weighted by Gasteiger charge is 2.35. The SMILES string of the molecule is Cc1cccc(N2CC(c3nc(-c4ccc(C(C)(C)C)cc4)no3)CC2=O)c1. The smallest absolute Gasteiger partial charge is 0.232 e. The summed E-state index contributed by atoms with van der Waals surface area (Å²) in [7, 11) is 0. The topological polar surface area (TPSA) is 59.2 Å². The van der Waals surface area contributed by atoms with Crippen LogP contribution in [-0.2, 0) is 10.2 Å². The summed E-state index contributed by atoms with van der Waals surface area (Å²) < 4.78 is 5.52. The summed E-state index contributed by atoms with van der Waals surface area (Å²) in [5.41, 5.74) is 4.33. The van der Waals surface area contributed by atoms with E-state index >= 15 is 0 Å². The van der Waals surface area contributed by atoms with E-state index in [1.807, 2.05) is 43.3 Å². The number of rotatable bonds is 3. The number of aromatic nitrogens is 2. The maximum Gasteiger partial charge on any atom is 0.232 e. The molecule has 144 valence electrons. The minimum Gasteiger partial charge on any atom is -0.339 e. The molecule has 1 saturated heterocycles. The van der Waals surface area contributed by atoms with Crippen LogP contribution in [-0.4, -0.2) is 22.6 Å². The molecule has 1 aromatic heterocycles. The van der Waals surface area contributed by atoms with Crippen molar-refractivity contribution in [3.8, 4) is 11.4 Å².